The third-order valence-electron chi connectivity index (χ3n) is 31.1. The number of allylic oxidation sites excluding steroid dienone is 2. The second kappa shape index (κ2) is 39.7. The fourth-order valence-corrected chi connectivity index (χ4v) is 23.1. The molecule has 129 heavy (non-hydrogen) atoms. The summed E-state index contributed by atoms with van der Waals surface area (Å²) in [6, 6.07) is 4.74. The van der Waals surface area contributed by atoms with Gasteiger partial charge in [-0.15, -0.1) is 0 Å². The van der Waals surface area contributed by atoms with Gasteiger partial charge in [0.2, 0.25) is 6.29 Å². The minimum Gasteiger partial charge on any atom is -0.493 e. The summed E-state index contributed by atoms with van der Waals surface area (Å²) in [7, 11) is 2.85. The summed E-state index contributed by atoms with van der Waals surface area (Å²) in [4.78, 5) is 28.7. The first-order valence-electron chi connectivity index (χ1n) is 44.7. The maximum absolute atomic E-state index is 15.4. The molecule has 4 saturated carbocycles. The van der Waals surface area contributed by atoms with Crippen LogP contribution in [-0.4, -0.2) is 413 Å². The van der Waals surface area contributed by atoms with Gasteiger partial charge in [-0.3, -0.25) is 4.79 Å². The van der Waals surface area contributed by atoms with Gasteiger partial charge >= 0.3 is 11.9 Å². The van der Waals surface area contributed by atoms with Crippen molar-refractivity contribution in [2.24, 2.45) is 50.2 Å². The lowest BCUT2D eigenvalue weighted by Gasteiger charge is -2.71. The van der Waals surface area contributed by atoms with Gasteiger partial charge in [0.25, 0.3) is 0 Å². The largest absolute Gasteiger partial charge is 0.493 e. The highest BCUT2D eigenvalue weighted by Gasteiger charge is 2.71. The van der Waals surface area contributed by atoms with E-state index in [4.69, 9.17) is 90.0 Å². The topological polar surface area (TPSA) is 634 Å². The highest BCUT2D eigenvalue weighted by Crippen LogP contribution is 2.76. The van der Waals surface area contributed by atoms with E-state index >= 15 is 4.79 Å². The first-order valence-corrected chi connectivity index (χ1v) is 44.7. The molecule has 0 bridgehead atoms. The Morgan fingerprint density at radius 2 is 0.992 bits per heavy atom. The summed E-state index contributed by atoms with van der Waals surface area (Å²) < 4.78 is 112. The van der Waals surface area contributed by atoms with Crippen molar-refractivity contribution in [3.05, 3.63) is 41.5 Å². The molecule has 8 saturated heterocycles. The first kappa shape index (κ1) is 101. The van der Waals surface area contributed by atoms with Gasteiger partial charge in [-0.25, -0.2) is 4.79 Å². The van der Waals surface area contributed by atoms with E-state index in [1.54, 1.807) is 18.2 Å². The zero-order valence-electron chi connectivity index (χ0n) is 74.0. The molecule has 0 amide bonds. The van der Waals surface area contributed by atoms with E-state index in [1.807, 2.05) is 0 Å². The van der Waals surface area contributed by atoms with Gasteiger partial charge in [0.05, 0.1) is 77.6 Å². The molecule has 42 heteroatoms. The fraction of sp³-hybridized carbons (Fsp3) is 0.862. The summed E-state index contributed by atoms with van der Waals surface area (Å²) in [5, 5.41) is 234. The van der Waals surface area contributed by atoms with Crippen LogP contribution in [0.1, 0.15) is 132 Å². The number of esters is 2. The molecule has 12 fully saturated rings. The summed E-state index contributed by atoms with van der Waals surface area (Å²) in [5.41, 5.74) is -1.42. The average molecular weight is 1850 g/mol. The summed E-state index contributed by atoms with van der Waals surface area (Å²) >= 11 is 0. The molecular weight excluding hydrogens is 1720 g/mol. The zero-order valence-corrected chi connectivity index (χ0v) is 74.0. The van der Waals surface area contributed by atoms with Crippen molar-refractivity contribution in [1.82, 2.24) is 0 Å². The smallest absolute Gasteiger partial charge is 0.331 e. The Bertz CT molecular complexity index is 3990. The van der Waals surface area contributed by atoms with Crippen LogP contribution in [0.5, 0.6) is 11.5 Å². The normalized spacial score (nSPS) is 49.9. The molecule has 2 unspecified atom stereocenters. The number of rotatable bonds is 25. The van der Waals surface area contributed by atoms with Crippen LogP contribution in [0, 0.1) is 50.2 Å². The van der Waals surface area contributed by atoms with E-state index in [0.717, 1.165) is 24.5 Å². The van der Waals surface area contributed by atoms with Crippen LogP contribution in [0.4, 0.5) is 0 Å². The van der Waals surface area contributed by atoms with E-state index in [-0.39, 0.29) is 40.6 Å². The fourth-order valence-electron chi connectivity index (χ4n) is 23.1. The SMILES string of the molecule is COc1ccc(/C=C/C(=O)O[C@H]2[C@H](O[C@H]3[C@H](O)[C@@H](O)[C@H](O[C@@H]4CO[C@@H](O[C@@H]5[C@@H](O)[C@H](C)O[C@@H](O[C@H]6[C@H](OC7CC[C@@]8(C)C(CC[C@]9(C)[C@@H]8CC=C8[C@@H]%10CC(C)(C)CC[C@]%10(C(=O)O[C@@H]%10O[C@H](CO[C@@H]%11O[C@H](CO)[C@@H](O[C@@H]%12O[C@@H](C)[C@H](O)[C@@H](O)[C@H]%12O)[C@H](O)[C@H]%11O)[C@@H](O)[C@H](O)[C@H]%10O)CC[C@]89C)C7(C)C)OC[C@H](O)[C@@H]6O)[C@@H]5O)[C@H](O)[C@@H]4O)O[C@@H]3CO)O[C@H](CO)[C@@H](O)[C@@H]2O)cc1OC. The molecule has 13 aliphatic rings. The number of carbonyl (C=O) groups is 2. The molecule has 0 aromatic heterocycles. The van der Waals surface area contributed by atoms with E-state index in [1.165, 1.54) is 34.1 Å². The van der Waals surface area contributed by atoms with Gasteiger partial charge in [0, 0.05) is 6.08 Å². The molecule has 0 radical (unpaired) electrons. The number of hydrogen-bond donors (Lipinski definition) is 21. The number of ether oxygens (including phenoxy) is 19. The van der Waals surface area contributed by atoms with Crippen molar-refractivity contribution in [1.29, 1.82) is 0 Å². The molecule has 5 aliphatic carbocycles. The number of benzene rings is 1. The molecule has 8 heterocycles. The number of fused-ring (bicyclic) bond motifs is 7. The maximum atomic E-state index is 15.4. The van der Waals surface area contributed by atoms with E-state index in [9.17, 15) is 112 Å². The predicted octanol–water partition coefficient (Wildman–Crippen LogP) is -5.12. The van der Waals surface area contributed by atoms with Gasteiger partial charge in [-0.1, -0.05) is 66.2 Å². The Morgan fingerprint density at radius 3 is 1.66 bits per heavy atom. The van der Waals surface area contributed by atoms with Crippen LogP contribution in [-0.2, 0) is 90.1 Å². The predicted molar refractivity (Wildman–Crippen MR) is 431 cm³/mol. The van der Waals surface area contributed by atoms with Crippen molar-refractivity contribution in [2.75, 3.05) is 53.9 Å². The van der Waals surface area contributed by atoms with Gasteiger partial charge in [0.1, 0.15) is 165 Å². The summed E-state index contributed by atoms with van der Waals surface area (Å²) in [6.07, 6.45) is -55.8. The van der Waals surface area contributed by atoms with E-state index in [2.05, 4.69) is 54.5 Å². The number of carbonyl (C=O) groups excluding carboxylic acids is 2. The summed E-state index contributed by atoms with van der Waals surface area (Å²) in [6.45, 7) is 14.1. The molecule has 42 nitrogen and oxygen atoms in total. The van der Waals surface area contributed by atoms with Crippen molar-refractivity contribution in [3.8, 4) is 11.5 Å². The Morgan fingerprint density at radius 1 is 0.450 bits per heavy atom. The molecule has 46 atom stereocenters. The average Bonchev–Trinajstić information content (AvgIpc) is 0.673. The van der Waals surface area contributed by atoms with E-state index < -0.39 is 301 Å². The second-order valence-electron chi connectivity index (χ2n) is 39.5. The molecular formula is C87H134O42. The third kappa shape index (κ3) is 18.9. The van der Waals surface area contributed by atoms with Gasteiger partial charge < -0.3 is 197 Å². The van der Waals surface area contributed by atoms with Crippen molar-refractivity contribution < 1.29 is 207 Å². The Kier molecular flexibility index (Phi) is 31.0. The van der Waals surface area contributed by atoms with Crippen LogP contribution < -0.4 is 9.47 Å². The molecule has 21 N–H and O–H groups in total. The standard InChI is InChI=1S/C87H134O42/c1-34-51(93)57(99)63(105)75(116-34)125-68-43(29-89)119-73(65(107)60(68)102)114-32-45-55(97)58(100)64(106)77(122-45)129-81(110)87-24-22-82(3,4)27-38(87)37-14-16-48-84(7)20-19-49(83(5,6)47(84)18-21-86(48,9)85(37,8)23-25-87)123-79-71(53(95)39(91)31-113-79)128-78-67(109)70(52(94)35(2)117-78)127-74-62(104)56(98)46(33-115-74)121-76-66(108)61(103)69(44(30-90)120-76)126-80-72(59(101)54(96)42(28-88)118-80)124-50(92)17-13-36-12-15-40(111-10)41(26-36)112-11/h12-15,17,26,34-35,38-39,42-49,51-80,88-91,93-109H,16,18-25,27-33H2,1-11H3/b17-13+/t34-,35-,38-,39-,42+,43+,44+,45+,46+,47?,48+,49?,51-,52-,53-,54+,55+,56+,57+,58-,59-,60+,61+,62+,63+,64+,65+,66+,67+,68+,69+,70+,71+,72+,73+,74-,75-,76-,77-,78-,79-,80-,84-,85+,86+,87-/m0/s1. The van der Waals surface area contributed by atoms with Crippen LogP contribution in [0.3, 0.4) is 0 Å². The quantitative estimate of drug-likeness (QED) is 0.0188. The van der Waals surface area contributed by atoms with Crippen LogP contribution in [0.25, 0.3) is 6.08 Å². The van der Waals surface area contributed by atoms with E-state index in [0.29, 0.717) is 68.4 Å². The molecule has 1 aromatic rings. The van der Waals surface area contributed by atoms with Crippen molar-refractivity contribution in [2.45, 2.75) is 366 Å². The Hall–Kier alpha value is -4.20. The molecule has 1 aromatic carbocycles. The highest BCUT2D eigenvalue weighted by atomic mass is 16.8. The summed E-state index contributed by atoms with van der Waals surface area (Å²) in [5.74, 6) is -1.19. The van der Waals surface area contributed by atoms with Gasteiger partial charge in [-0.2, -0.15) is 0 Å². The first-order chi connectivity index (χ1) is 60.9. The van der Waals surface area contributed by atoms with Gasteiger partial charge in [0.15, 0.2) is 61.6 Å². The molecule has 14 rings (SSSR count). The van der Waals surface area contributed by atoms with Crippen LogP contribution >= 0.6 is 0 Å². The lowest BCUT2D eigenvalue weighted by atomic mass is 9.33. The van der Waals surface area contributed by atoms with Crippen LogP contribution in [0.15, 0.2) is 35.9 Å². The Balaban J connectivity index is 0.593. The van der Waals surface area contributed by atoms with Crippen molar-refractivity contribution in [3.63, 3.8) is 0 Å². The minimum absolute atomic E-state index is 0.0266. The number of aliphatic hydroxyl groups is 21. The number of methoxy groups -OCH3 is 2. The highest BCUT2D eigenvalue weighted by molar-refractivity contribution is 5.87. The molecule has 8 aliphatic heterocycles. The van der Waals surface area contributed by atoms with Crippen LogP contribution in [0.2, 0.25) is 0 Å². The monoisotopic (exact) mass is 1850 g/mol. The maximum Gasteiger partial charge on any atom is 0.331 e. The lowest BCUT2D eigenvalue weighted by molar-refractivity contribution is -0.386. The number of aliphatic hydroxyl groups excluding tert-OH is 21. The zero-order chi connectivity index (χ0) is 93.7. The second-order valence-corrected chi connectivity index (χ2v) is 39.5. The van der Waals surface area contributed by atoms with Gasteiger partial charge in [-0.05, 0) is 147 Å². The van der Waals surface area contributed by atoms with Crippen molar-refractivity contribution >= 4 is 18.0 Å². The third-order valence-corrected chi connectivity index (χ3v) is 31.1. The minimum atomic E-state index is -2.10. The molecule has 734 valence electrons. The lowest BCUT2D eigenvalue weighted by Crippen LogP contribution is -2.67. The number of hydrogen-bond acceptors (Lipinski definition) is 42. The molecule has 0 spiro atoms. The Labute approximate surface area is 745 Å².